The summed E-state index contributed by atoms with van der Waals surface area (Å²) in [5, 5.41) is 17.7. The monoisotopic (exact) mass is 252 g/mol. The largest absolute Gasteiger partial charge is 0.481 e. The van der Waals surface area contributed by atoms with Crippen molar-refractivity contribution in [2.24, 2.45) is 17.3 Å². The standard InChI is InChI=1S/C13H20N2O3/c1-8(2)15(7-5-6-14)11(16)9-10(12(17)18)13(9,3)4/h8-10H,5,7H2,1-4H3,(H,17,18). The Labute approximate surface area is 107 Å². The summed E-state index contributed by atoms with van der Waals surface area (Å²) in [6, 6.07) is 1.99. The van der Waals surface area contributed by atoms with Crippen molar-refractivity contribution in [1.82, 2.24) is 4.90 Å². The number of aliphatic carboxylic acids is 1. The molecule has 1 N–H and O–H groups in total. The lowest BCUT2D eigenvalue weighted by molar-refractivity contribution is -0.142. The van der Waals surface area contributed by atoms with E-state index in [1.165, 1.54) is 0 Å². The molecule has 0 aromatic heterocycles. The average Bonchev–Trinajstić information content (AvgIpc) is 2.81. The highest BCUT2D eigenvalue weighted by Gasteiger charge is 2.66. The molecule has 0 aromatic rings. The van der Waals surface area contributed by atoms with Crippen LogP contribution < -0.4 is 0 Å². The third-order valence-electron chi connectivity index (χ3n) is 3.73. The molecule has 0 aromatic carbocycles. The summed E-state index contributed by atoms with van der Waals surface area (Å²) >= 11 is 0. The molecule has 5 heteroatoms. The number of carbonyl (C=O) groups excluding carboxylic acids is 1. The van der Waals surface area contributed by atoms with E-state index in [0.717, 1.165) is 0 Å². The first-order valence-corrected chi connectivity index (χ1v) is 6.15. The molecule has 1 aliphatic carbocycles. The molecular weight excluding hydrogens is 232 g/mol. The predicted molar refractivity (Wildman–Crippen MR) is 65.5 cm³/mol. The van der Waals surface area contributed by atoms with Crippen LogP contribution in [0.15, 0.2) is 0 Å². The van der Waals surface area contributed by atoms with Crippen LogP contribution in [-0.2, 0) is 9.59 Å². The van der Waals surface area contributed by atoms with Crippen LogP contribution in [0, 0.1) is 28.6 Å². The molecule has 18 heavy (non-hydrogen) atoms. The van der Waals surface area contributed by atoms with Crippen LogP contribution in [0.1, 0.15) is 34.1 Å². The lowest BCUT2D eigenvalue weighted by Crippen LogP contribution is -2.39. The van der Waals surface area contributed by atoms with Gasteiger partial charge in [-0.25, -0.2) is 0 Å². The van der Waals surface area contributed by atoms with Gasteiger partial charge >= 0.3 is 5.97 Å². The second-order valence-electron chi connectivity index (χ2n) is 5.65. The zero-order chi connectivity index (χ0) is 14.1. The average molecular weight is 252 g/mol. The van der Waals surface area contributed by atoms with Crippen molar-refractivity contribution in [3.05, 3.63) is 0 Å². The van der Waals surface area contributed by atoms with Gasteiger partial charge in [-0.15, -0.1) is 0 Å². The molecule has 5 nitrogen and oxygen atoms in total. The second kappa shape index (κ2) is 4.97. The van der Waals surface area contributed by atoms with Gasteiger partial charge in [0, 0.05) is 12.6 Å². The van der Waals surface area contributed by atoms with Gasteiger partial charge in [0.2, 0.25) is 5.91 Å². The highest BCUT2D eigenvalue weighted by Crippen LogP contribution is 2.59. The number of hydrogen-bond acceptors (Lipinski definition) is 3. The highest BCUT2D eigenvalue weighted by atomic mass is 16.4. The Kier molecular flexibility index (Phi) is 4.00. The molecule has 2 atom stereocenters. The molecule has 0 aliphatic heterocycles. The molecule has 0 heterocycles. The fourth-order valence-corrected chi connectivity index (χ4v) is 2.53. The summed E-state index contributed by atoms with van der Waals surface area (Å²) < 4.78 is 0. The van der Waals surface area contributed by atoms with Crippen molar-refractivity contribution in [2.45, 2.75) is 40.2 Å². The number of rotatable bonds is 5. The zero-order valence-electron chi connectivity index (χ0n) is 11.3. The van der Waals surface area contributed by atoms with Gasteiger partial charge in [-0.1, -0.05) is 13.8 Å². The summed E-state index contributed by atoms with van der Waals surface area (Å²) in [7, 11) is 0. The van der Waals surface area contributed by atoms with Crippen LogP contribution in [0.4, 0.5) is 0 Å². The summed E-state index contributed by atoms with van der Waals surface area (Å²) in [6.07, 6.45) is 0.273. The molecule has 1 saturated carbocycles. The number of amides is 1. The minimum absolute atomic E-state index is 0.0169. The van der Waals surface area contributed by atoms with E-state index in [0.29, 0.717) is 6.54 Å². The maximum absolute atomic E-state index is 12.3. The van der Waals surface area contributed by atoms with E-state index in [1.54, 1.807) is 18.7 Å². The summed E-state index contributed by atoms with van der Waals surface area (Å²) in [5.74, 6) is -2.12. The molecule has 0 bridgehead atoms. The van der Waals surface area contributed by atoms with E-state index >= 15 is 0 Å². The number of carboxylic acids is 1. The van der Waals surface area contributed by atoms with Gasteiger partial charge in [0.25, 0.3) is 0 Å². The minimum atomic E-state index is -0.915. The Morgan fingerprint density at radius 2 is 1.94 bits per heavy atom. The Hall–Kier alpha value is -1.57. The first-order valence-electron chi connectivity index (χ1n) is 6.15. The molecule has 1 amide bonds. The van der Waals surface area contributed by atoms with Crippen LogP contribution >= 0.6 is 0 Å². The molecule has 1 rings (SSSR count). The highest BCUT2D eigenvalue weighted by molar-refractivity contribution is 5.91. The molecule has 100 valence electrons. The Balaban J connectivity index is 2.80. The van der Waals surface area contributed by atoms with Crippen LogP contribution in [0.25, 0.3) is 0 Å². The van der Waals surface area contributed by atoms with E-state index in [1.807, 2.05) is 19.9 Å². The van der Waals surface area contributed by atoms with Crippen LogP contribution in [0.3, 0.4) is 0 Å². The second-order valence-corrected chi connectivity index (χ2v) is 5.65. The lowest BCUT2D eigenvalue weighted by atomic mass is 10.1. The van der Waals surface area contributed by atoms with Gasteiger partial charge in [0.1, 0.15) is 0 Å². The fourth-order valence-electron chi connectivity index (χ4n) is 2.53. The summed E-state index contributed by atoms with van der Waals surface area (Å²) in [4.78, 5) is 25.0. The number of carboxylic acid groups (broad SMARTS) is 1. The molecular formula is C13H20N2O3. The van der Waals surface area contributed by atoms with Crippen molar-refractivity contribution in [3.8, 4) is 6.07 Å². The van der Waals surface area contributed by atoms with Gasteiger partial charge in [-0.05, 0) is 19.3 Å². The fraction of sp³-hybridized carbons (Fsp3) is 0.769. The predicted octanol–water partition coefficient (Wildman–Crippen LogP) is 1.49. The maximum atomic E-state index is 12.3. The van der Waals surface area contributed by atoms with E-state index in [4.69, 9.17) is 10.4 Å². The first-order chi connectivity index (χ1) is 8.25. The van der Waals surface area contributed by atoms with Crippen LogP contribution in [0.5, 0.6) is 0 Å². The third-order valence-corrected chi connectivity index (χ3v) is 3.73. The van der Waals surface area contributed by atoms with E-state index in [2.05, 4.69) is 0 Å². The van der Waals surface area contributed by atoms with Gasteiger partial charge in [-0.3, -0.25) is 9.59 Å². The molecule has 0 spiro atoms. The van der Waals surface area contributed by atoms with Gasteiger partial charge in [-0.2, -0.15) is 5.26 Å². The van der Waals surface area contributed by atoms with Crippen molar-refractivity contribution in [1.29, 1.82) is 5.26 Å². The topological polar surface area (TPSA) is 81.4 Å². The van der Waals surface area contributed by atoms with E-state index < -0.39 is 23.2 Å². The maximum Gasteiger partial charge on any atom is 0.307 e. The summed E-state index contributed by atoms with van der Waals surface area (Å²) in [5.41, 5.74) is -0.483. The van der Waals surface area contributed by atoms with Gasteiger partial charge in [0.05, 0.1) is 24.3 Å². The molecule has 1 aliphatic rings. The van der Waals surface area contributed by atoms with E-state index in [-0.39, 0.29) is 18.4 Å². The molecule has 2 unspecified atom stereocenters. The van der Waals surface area contributed by atoms with Gasteiger partial charge < -0.3 is 10.0 Å². The first kappa shape index (κ1) is 14.5. The molecule has 0 radical (unpaired) electrons. The Bertz CT molecular complexity index is 396. The van der Waals surface area contributed by atoms with Crippen molar-refractivity contribution in [3.63, 3.8) is 0 Å². The number of nitrogens with zero attached hydrogens (tertiary/aromatic N) is 2. The summed E-state index contributed by atoms with van der Waals surface area (Å²) in [6.45, 7) is 7.72. The zero-order valence-corrected chi connectivity index (χ0v) is 11.3. The Morgan fingerprint density at radius 1 is 1.39 bits per heavy atom. The quantitative estimate of drug-likeness (QED) is 0.803. The van der Waals surface area contributed by atoms with Crippen molar-refractivity contribution >= 4 is 11.9 Å². The molecule has 0 saturated heterocycles. The van der Waals surface area contributed by atoms with Crippen molar-refractivity contribution < 1.29 is 14.7 Å². The van der Waals surface area contributed by atoms with Crippen LogP contribution in [-0.4, -0.2) is 34.5 Å². The lowest BCUT2D eigenvalue weighted by Gasteiger charge is -2.26. The smallest absolute Gasteiger partial charge is 0.307 e. The number of carbonyl (C=O) groups is 2. The van der Waals surface area contributed by atoms with Gasteiger partial charge in [0.15, 0.2) is 0 Å². The number of hydrogen-bond donors (Lipinski definition) is 1. The Morgan fingerprint density at radius 3 is 2.28 bits per heavy atom. The third kappa shape index (κ3) is 2.47. The van der Waals surface area contributed by atoms with Crippen molar-refractivity contribution in [2.75, 3.05) is 6.54 Å². The molecule has 1 fully saturated rings. The normalized spacial score (nSPS) is 24.4. The van der Waals surface area contributed by atoms with Crippen LogP contribution in [0.2, 0.25) is 0 Å². The SMILES string of the molecule is CC(C)N(CCC#N)C(=O)C1C(C(=O)O)C1(C)C. The number of nitriles is 1. The minimum Gasteiger partial charge on any atom is -0.481 e. The van der Waals surface area contributed by atoms with E-state index in [9.17, 15) is 9.59 Å².